The molecule has 6 nitrogen and oxygen atoms in total. The minimum Gasteiger partial charge on any atom is -0.371 e. The van der Waals surface area contributed by atoms with Crippen LogP contribution in [-0.2, 0) is 12.5 Å². The summed E-state index contributed by atoms with van der Waals surface area (Å²) in [5, 5.41) is 21.9. The highest BCUT2D eigenvalue weighted by molar-refractivity contribution is 5.69. The molecule has 0 fully saturated rings. The highest BCUT2D eigenvalue weighted by atomic mass is 15.3. The van der Waals surface area contributed by atoms with Crippen LogP contribution in [0.15, 0.2) is 28.6 Å². The molecule has 3 rings (SSSR count). The number of nitrogens with zero attached hydrogens (tertiary/aromatic N) is 6. The first-order valence-electron chi connectivity index (χ1n) is 7.99. The zero-order chi connectivity index (χ0) is 17.6. The molecule has 0 spiro atoms. The minimum absolute atomic E-state index is 0.0465. The lowest BCUT2D eigenvalue weighted by atomic mass is 9.81. The van der Waals surface area contributed by atoms with Crippen LogP contribution in [0.25, 0.3) is 0 Å². The van der Waals surface area contributed by atoms with Crippen LogP contribution in [0.4, 0.5) is 17.2 Å². The SMILES string of the molecule is Cc1cc2c(cc1N=Nc1nn(C)cc1C#N)C(C)(C)C(C)N2C. The first-order chi connectivity index (χ1) is 11.3. The van der Waals surface area contributed by atoms with Gasteiger partial charge in [-0.1, -0.05) is 13.8 Å². The predicted octanol–water partition coefficient (Wildman–Crippen LogP) is 4.13. The number of azo groups is 1. The average molecular weight is 322 g/mol. The number of rotatable bonds is 2. The topological polar surface area (TPSA) is 69.6 Å². The number of benzene rings is 1. The van der Waals surface area contributed by atoms with Crippen LogP contribution in [0.2, 0.25) is 0 Å². The Balaban J connectivity index is 2.04. The van der Waals surface area contributed by atoms with Gasteiger partial charge in [-0.2, -0.15) is 5.26 Å². The maximum Gasteiger partial charge on any atom is 0.213 e. The summed E-state index contributed by atoms with van der Waals surface area (Å²) in [5.74, 6) is 0.352. The van der Waals surface area contributed by atoms with E-state index < -0.39 is 0 Å². The van der Waals surface area contributed by atoms with Crippen LogP contribution < -0.4 is 4.90 Å². The van der Waals surface area contributed by atoms with E-state index in [-0.39, 0.29) is 5.41 Å². The van der Waals surface area contributed by atoms with E-state index in [1.165, 1.54) is 11.3 Å². The third kappa shape index (κ3) is 2.37. The van der Waals surface area contributed by atoms with Crippen molar-refractivity contribution in [2.45, 2.75) is 39.2 Å². The highest BCUT2D eigenvalue weighted by Crippen LogP contribution is 2.46. The summed E-state index contributed by atoms with van der Waals surface area (Å²) in [6.45, 7) is 8.78. The van der Waals surface area contributed by atoms with E-state index in [2.05, 4.69) is 66.2 Å². The highest BCUT2D eigenvalue weighted by Gasteiger charge is 2.40. The molecule has 0 radical (unpaired) electrons. The van der Waals surface area contributed by atoms with E-state index >= 15 is 0 Å². The molecule has 0 saturated carbocycles. The van der Waals surface area contributed by atoms with Gasteiger partial charge in [0.1, 0.15) is 11.6 Å². The van der Waals surface area contributed by atoms with Crippen molar-refractivity contribution < 1.29 is 0 Å². The van der Waals surface area contributed by atoms with Gasteiger partial charge in [0.2, 0.25) is 5.82 Å². The maximum atomic E-state index is 9.13. The lowest BCUT2D eigenvalue weighted by Crippen LogP contribution is -2.36. The Morgan fingerprint density at radius 2 is 1.96 bits per heavy atom. The van der Waals surface area contributed by atoms with E-state index in [9.17, 15) is 0 Å². The van der Waals surface area contributed by atoms with Gasteiger partial charge < -0.3 is 4.90 Å². The fourth-order valence-electron chi connectivity index (χ4n) is 3.25. The Hall–Kier alpha value is -2.68. The van der Waals surface area contributed by atoms with Gasteiger partial charge in [-0.05, 0) is 37.1 Å². The van der Waals surface area contributed by atoms with Crippen LogP contribution in [0.3, 0.4) is 0 Å². The van der Waals surface area contributed by atoms with Gasteiger partial charge in [0.15, 0.2) is 0 Å². The van der Waals surface area contributed by atoms with Crippen LogP contribution in [0, 0.1) is 18.3 Å². The molecule has 1 aromatic carbocycles. The third-order valence-corrected chi connectivity index (χ3v) is 5.20. The zero-order valence-electron chi connectivity index (χ0n) is 15.0. The van der Waals surface area contributed by atoms with Gasteiger partial charge in [0, 0.05) is 37.4 Å². The first kappa shape index (κ1) is 16.2. The molecule has 0 amide bonds. The number of likely N-dealkylation sites (N-methyl/N-ethyl adjacent to an activating group) is 1. The van der Waals surface area contributed by atoms with E-state index in [1.807, 2.05) is 6.92 Å². The molecule has 2 heterocycles. The second-order valence-corrected chi connectivity index (χ2v) is 7.02. The lowest BCUT2D eigenvalue weighted by molar-refractivity contribution is 0.454. The number of aryl methyl sites for hydroxylation is 2. The number of hydrogen-bond acceptors (Lipinski definition) is 5. The van der Waals surface area contributed by atoms with Crippen LogP contribution in [0.1, 0.15) is 37.5 Å². The number of aromatic nitrogens is 2. The van der Waals surface area contributed by atoms with E-state index in [0.29, 0.717) is 17.4 Å². The molecule has 2 aromatic rings. The van der Waals surface area contributed by atoms with Crippen LogP contribution in [0.5, 0.6) is 0 Å². The van der Waals surface area contributed by atoms with E-state index in [0.717, 1.165) is 11.3 Å². The zero-order valence-corrected chi connectivity index (χ0v) is 15.0. The Bertz CT molecular complexity index is 868. The minimum atomic E-state index is 0.0465. The summed E-state index contributed by atoms with van der Waals surface area (Å²) >= 11 is 0. The molecule has 0 aliphatic carbocycles. The second-order valence-electron chi connectivity index (χ2n) is 7.02. The van der Waals surface area contributed by atoms with Crippen molar-refractivity contribution in [1.29, 1.82) is 5.26 Å². The number of anilines is 1. The maximum absolute atomic E-state index is 9.13. The first-order valence-corrected chi connectivity index (χ1v) is 7.99. The van der Waals surface area contributed by atoms with Crippen LogP contribution in [-0.4, -0.2) is 22.9 Å². The van der Waals surface area contributed by atoms with Crippen molar-refractivity contribution in [1.82, 2.24) is 9.78 Å². The fraction of sp³-hybridized carbons (Fsp3) is 0.444. The average Bonchev–Trinajstić information content (AvgIpc) is 2.97. The molecular weight excluding hydrogens is 300 g/mol. The van der Waals surface area contributed by atoms with Crippen LogP contribution >= 0.6 is 0 Å². The van der Waals surface area contributed by atoms with Gasteiger partial charge in [-0.25, -0.2) is 0 Å². The van der Waals surface area contributed by atoms with E-state index in [4.69, 9.17) is 5.26 Å². The molecule has 24 heavy (non-hydrogen) atoms. The molecular formula is C18H22N6. The summed E-state index contributed by atoms with van der Waals surface area (Å²) in [4.78, 5) is 2.32. The van der Waals surface area contributed by atoms with E-state index in [1.54, 1.807) is 17.9 Å². The molecule has 0 bridgehead atoms. The van der Waals surface area contributed by atoms with Crippen molar-refractivity contribution in [3.63, 3.8) is 0 Å². The van der Waals surface area contributed by atoms with Gasteiger partial charge in [0.05, 0.1) is 5.69 Å². The standard InChI is InChI=1S/C18H22N6/c1-11-7-16-14(18(3,4)12(2)24(16)6)8-15(11)20-21-17-13(9-19)10-23(5)22-17/h7-8,10,12H,1-6H3. The Morgan fingerprint density at radius 3 is 2.62 bits per heavy atom. The Labute approximate surface area is 142 Å². The Kier molecular flexibility index (Phi) is 3.67. The monoisotopic (exact) mass is 322 g/mol. The largest absolute Gasteiger partial charge is 0.371 e. The fourth-order valence-corrected chi connectivity index (χ4v) is 3.25. The predicted molar refractivity (Wildman–Crippen MR) is 94.2 cm³/mol. The van der Waals surface area contributed by atoms with Crippen molar-refractivity contribution in [3.8, 4) is 6.07 Å². The molecule has 124 valence electrons. The Morgan fingerprint density at radius 1 is 1.25 bits per heavy atom. The van der Waals surface area contributed by atoms with Crippen molar-refractivity contribution in [2.24, 2.45) is 17.3 Å². The molecule has 0 saturated heterocycles. The normalized spacial score (nSPS) is 18.9. The molecule has 0 N–H and O–H groups in total. The quantitative estimate of drug-likeness (QED) is 0.780. The van der Waals surface area contributed by atoms with Gasteiger partial charge in [0.25, 0.3) is 0 Å². The molecule has 1 aliphatic heterocycles. The molecule has 1 unspecified atom stereocenters. The number of nitriles is 1. The van der Waals surface area contributed by atoms with Gasteiger partial charge in [-0.3, -0.25) is 4.68 Å². The lowest BCUT2D eigenvalue weighted by Gasteiger charge is -2.28. The summed E-state index contributed by atoms with van der Waals surface area (Å²) in [7, 11) is 3.90. The molecule has 1 aliphatic rings. The van der Waals surface area contributed by atoms with Crippen molar-refractivity contribution in [3.05, 3.63) is 35.0 Å². The smallest absolute Gasteiger partial charge is 0.213 e. The van der Waals surface area contributed by atoms with Gasteiger partial charge >= 0.3 is 0 Å². The molecule has 1 atom stereocenters. The summed E-state index contributed by atoms with van der Waals surface area (Å²) in [6, 6.07) is 6.79. The summed E-state index contributed by atoms with van der Waals surface area (Å²) in [6.07, 6.45) is 1.64. The number of hydrogen-bond donors (Lipinski definition) is 0. The third-order valence-electron chi connectivity index (χ3n) is 5.20. The second kappa shape index (κ2) is 5.45. The summed E-state index contributed by atoms with van der Waals surface area (Å²) in [5.41, 5.74) is 4.87. The molecule has 6 heteroatoms. The summed E-state index contributed by atoms with van der Waals surface area (Å²) < 4.78 is 1.57. The van der Waals surface area contributed by atoms with Gasteiger partial charge in [-0.15, -0.1) is 15.3 Å². The van der Waals surface area contributed by atoms with Crippen molar-refractivity contribution >= 4 is 17.2 Å². The molecule has 1 aromatic heterocycles. The van der Waals surface area contributed by atoms with Crippen molar-refractivity contribution in [2.75, 3.05) is 11.9 Å². The number of fused-ring (bicyclic) bond motifs is 1.